The van der Waals surface area contributed by atoms with Crippen LogP contribution in [0, 0.1) is 0 Å². The van der Waals surface area contributed by atoms with Gasteiger partial charge in [-0.3, -0.25) is 0 Å². The lowest BCUT2D eigenvalue weighted by molar-refractivity contribution is -0.423. The smallest absolute Gasteiger partial charge is 0.336 e. The van der Waals surface area contributed by atoms with Crippen LogP contribution >= 0.6 is 0 Å². The van der Waals surface area contributed by atoms with E-state index in [0.717, 1.165) is 6.92 Å². The SMILES string of the molecule is CCOC1(C(F)(F)F)OS(=O)(=O)C1(F)F. The van der Waals surface area contributed by atoms with Crippen LogP contribution in [0.25, 0.3) is 0 Å². The summed E-state index contributed by atoms with van der Waals surface area (Å²) in [6.45, 7) is 0.225. The zero-order valence-electron chi connectivity index (χ0n) is 7.14. The summed E-state index contributed by atoms with van der Waals surface area (Å²) in [7, 11) is -5.55. The van der Waals surface area contributed by atoms with Crippen LogP contribution in [0.15, 0.2) is 0 Å². The van der Waals surface area contributed by atoms with Crippen LogP contribution in [0.3, 0.4) is 0 Å². The average Bonchev–Trinajstić information content (AvgIpc) is 2.00. The van der Waals surface area contributed by atoms with Gasteiger partial charge in [0.25, 0.3) is 0 Å². The number of rotatable bonds is 2. The van der Waals surface area contributed by atoms with Crippen LogP contribution in [0.5, 0.6) is 0 Å². The van der Waals surface area contributed by atoms with Crippen molar-refractivity contribution in [1.82, 2.24) is 0 Å². The summed E-state index contributed by atoms with van der Waals surface area (Å²) in [5, 5.41) is -5.13. The van der Waals surface area contributed by atoms with Gasteiger partial charge < -0.3 is 4.74 Å². The van der Waals surface area contributed by atoms with Crippen LogP contribution < -0.4 is 0 Å². The van der Waals surface area contributed by atoms with E-state index in [1.54, 1.807) is 0 Å². The molecule has 0 spiro atoms. The van der Waals surface area contributed by atoms with Crippen molar-refractivity contribution in [3.63, 3.8) is 0 Å². The fourth-order valence-corrected chi connectivity index (χ4v) is 2.08. The average molecular weight is 256 g/mol. The quantitative estimate of drug-likeness (QED) is 0.551. The van der Waals surface area contributed by atoms with Gasteiger partial charge >= 0.3 is 27.3 Å². The second-order valence-corrected chi connectivity index (χ2v) is 4.19. The lowest BCUT2D eigenvalue weighted by Gasteiger charge is -2.45. The third-order valence-electron chi connectivity index (χ3n) is 1.64. The molecule has 0 aromatic rings. The van der Waals surface area contributed by atoms with Crippen molar-refractivity contribution in [1.29, 1.82) is 0 Å². The van der Waals surface area contributed by atoms with E-state index in [1.165, 1.54) is 0 Å². The van der Waals surface area contributed by atoms with Crippen LogP contribution in [0.1, 0.15) is 6.92 Å². The predicted octanol–water partition coefficient (Wildman–Crippen LogP) is 1.23. The van der Waals surface area contributed by atoms with Gasteiger partial charge in [-0.15, -0.1) is 0 Å². The van der Waals surface area contributed by atoms with Gasteiger partial charge in [0.2, 0.25) is 0 Å². The van der Waals surface area contributed by atoms with Gasteiger partial charge in [-0.25, -0.2) is 4.18 Å². The van der Waals surface area contributed by atoms with Crippen molar-refractivity contribution < 1.29 is 39.3 Å². The minimum Gasteiger partial charge on any atom is -0.336 e. The third-order valence-corrected chi connectivity index (χ3v) is 3.00. The first kappa shape index (κ1) is 12.6. The van der Waals surface area contributed by atoms with E-state index < -0.39 is 33.9 Å². The number of hydrogen-bond acceptors (Lipinski definition) is 4. The summed E-state index contributed by atoms with van der Waals surface area (Å²) < 4.78 is 89.6. The molecule has 1 aliphatic heterocycles. The van der Waals surface area contributed by atoms with Crippen molar-refractivity contribution in [2.75, 3.05) is 6.61 Å². The molecule has 1 heterocycles. The van der Waals surface area contributed by atoms with Crippen molar-refractivity contribution in [3.05, 3.63) is 0 Å². The van der Waals surface area contributed by atoms with E-state index in [2.05, 4.69) is 8.92 Å². The lowest BCUT2D eigenvalue weighted by Crippen LogP contribution is -2.74. The van der Waals surface area contributed by atoms with Crippen LogP contribution in [0.2, 0.25) is 0 Å². The summed E-state index contributed by atoms with van der Waals surface area (Å²) in [5.74, 6) is -4.38. The van der Waals surface area contributed by atoms with Crippen molar-refractivity contribution in [3.8, 4) is 0 Å². The molecule has 0 radical (unpaired) electrons. The zero-order valence-corrected chi connectivity index (χ0v) is 7.95. The number of halogens is 5. The Hall–Kier alpha value is -0.480. The molecule has 0 aromatic heterocycles. The molecule has 0 N–H and O–H groups in total. The van der Waals surface area contributed by atoms with E-state index >= 15 is 0 Å². The van der Waals surface area contributed by atoms with Gasteiger partial charge in [-0.2, -0.15) is 30.4 Å². The predicted molar refractivity (Wildman–Crippen MR) is 35.4 cm³/mol. The molecule has 0 saturated carbocycles. The van der Waals surface area contributed by atoms with Gasteiger partial charge in [-0.05, 0) is 6.92 Å². The first-order valence-corrected chi connectivity index (χ1v) is 4.96. The summed E-state index contributed by atoms with van der Waals surface area (Å²) in [5.41, 5.74) is 0. The molecule has 1 rings (SSSR count). The van der Waals surface area contributed by atoms with Gasteiger partial charge in [0.15, 0.2) is 0 Å². The van der Waals surface area contributed by atoms with E-state index in [0.29, 0.717) is 0 Å². The maximum Gasteiger partial charge on any atom is 0.452 e. The standard InChI is InChI=1S/C5H5F5O4S/c1-2-13-3(4(6,7)8)5(9,10)15(11,12)14-3/h2H2,1H3. The van der Waals surface area contributed by atoms with Crippen LogP contribution in [-0.2, 0) is 19.0 Å². The maximum absolute atomic E-state index is 12.8. The Labute approximate surface area is 81.1 Å². The van der Waals surface area contributed by atoms with Crippen LogP contribution in [0.4, 0.5) is 22.0 Å². The first-order valence-electron chi connectivity index (χ1n) is 3.55. The molecule has 1 saturated heterocycles. The zero-order chi connectivity index (χ0) is 12.1. The molecule has 90 valence electrons. The topological polar surface area (TPSA) is 52.6 Å². The lowest BCUT2D eigenvalue weighted by atomic mass is 10.2. The Bertz CT molecular complexity index is 360. The molecular weight excluding hydrogens is 251 g/mol. The second kappa shape index (κ2) is 3.01. The maximum atomic E-state index is 12.8. The summed E-state index contributed by atoms with van der Waals surface area (Å²) >= 11 is 0. The van der Waals surface area contributed by atoms with E-state index in [9.17, 15) is 30.4 Å². The van der Waals surface area contributed by atoms with E-state index in [1.807, 2.05) is 0 Å². The molecule has 0 aromatic carbocycles. The van der Waals surface area contributed by atoms with Crippen molar-refractivity contribution in [2.45, 2.75) is 24.1 Å². The fourth-order valence-electron chi connectivity index (χ4n) is 0.991. The molecule has 1 atom stereocenters. The van der Waals surface area contributed by atoms with Crippen molar-refractivity contribution in [2.24, 2.45) is 0 Å². The van der Waals surface area contributed by atoms with Gasteiger partial charge in [0.1, 0.15) is 0 Å². The van der Waals surface area contributed by atoms with Crippen LogP contribution in [-0.4, -0.2) is 32.2 Å². The molecule has 4 nitrogen and oxygen atoms in total. The molecular formula is C5H5F5O4S. The summed E-state index contributed by atoms with van der Waals surface area (Å²) in [6, 6.07) is 0. The Kier molecular flexibility index (Phi) is 2.53. The second-order valence-electron chi connectivity index (χ2n) is 2.60. The van der Waals surface area contributed by atoms with Crippen molar-refractivity contribution >= 4 is 10.1 Å². The highest BCUT2D eigenvalue weighted by Gasteiger charge is 2.89. The Balaban J connectivity index is 3.21. The molecule has 0 amide bonds. The first-order chi connectivity index (χ1) is 6.52. The van der Waals surface area contributed by atoms with Gasteiger partial charge in [-0.1, -0.05) is 0 Å². The highest BCUT2D eigenvalue weighted by Crippen LogP contribution is 2.57. The minimum absolute atomic E-state index is 0.773. The molecule has 15 heavy (non-hydrogen) atoms. The Morgan fingerprint density at radius 1 is 1.33 bits per heavy atom. The monoisotopic (exact) mass is 256 g/mol. The largest absolute Gasteiger partial charge is 0.452 e. The molecule has 0 aliphatic carbocycles. The summed E-state index contributed by atoms with van der Waals surface area (Å²) in [6.07, 6.45) is -5.64. The highest BCUT2D eigenvalue weighted by molar-refractivity contribution is 7.89. The molecule has 0 bridgehead atoms. The van der Waals surface area contributed by atoms with Gasteiger partial charge in [0, 0.05) is 6.61 Å². The molecule has 1 fully saturated rings. The third kappa shape index (κ3) is 1.35. The normalized spacial score (nSPS) is 33.5. The molecule has 1 unspecified atom stereocenters. The van der Waals surface area contributed by atoms with Gasteiger partial charge in [0.05, 0.1) is 0 Å². The Morgan fingerprint density at radius 2 is 1.80 bits per heavy atom. The minimum atomic E-state index is -5.64. The highest BCUT2D eigenvalue weighted by atomic mass is 32.2. The fraction of sp³-hybridized carbons (Fsp3) is 1.00. The number of alkyl halides is 5. The Morgan fingerprint density at radius 3 is 2.00 bits per heavy atom. The van der Waals surface area contributed by atoms with E-state index in [-0.39, 0.29) is 0 Å². The number of hydrogen-bond donors (Lipinski definition) is 0. The number of ether oxygens (including phenoxy) is 1. The van der Waals surface area contributed by atoms with E-state index in [4.69, 9.17) is 0 Å². The summed E-state index contributed by atoms with van der Waals surface area (Å²) in [4.78, 5) is 0. The molecule has 1 aliphatic rings. The molecule has 10 heteroatoms.